The quantitative estimate of drug-likeness (QED) is 0.154. The van der Waals surface area contributed by atoms with Gasteiger partial charge in [0.2, 0.25) is 0 Å². The molecule has 0 aliphatic rings. The van der Waals surface area contributed by atoms with Crippen molar-refractivity contribution in [3.05, 3.63) is 98.2 Å². The van der Waals surface area contributed by atoms with E-state index in [1.807, 2.05) is 6.92 Å². The normalized spacial score (nSPS) is 12.8. The number of unbranched alkanes of at least 4 members (excludes halogenated alkanes) is 1. The molecule has 0 aliphatic heterocycles. The lowest BCUT2D eigenvalue weighted by atomic mass is 10.0. The van der Waals surface area contributed by atoms with Gasteiger partial charge >= 0.3 is 12.4 Å². The van der Waals surface area contributed by atoms with E-state index in [9.17, 15) is 49.7 Å². The number of thiophene rings is 1. The van der Waals surface area contributed by atoms with Crippen LogP contribution in [0.4, 0.5) is 35.1 Å². The fourth-order valence-corrected chi connectivity index (χ4v) is 6.51. The summed E-state index contributed by atoms with van der Waals surface area (Å²) >= 11 is -0.695. The van der Waals surface area contributed by atoms with Gasteiger partial charge in [0.05, 0.1) is 28.2 Å². The van der Waals surface area contributed by atoms with Crippen molar-refractivity contribution in [1.29, 1.82) is 5.26 Å². The van der Waals surface area contributed by atoms with Gasteiger partial charge in [-0.2, -0.15) is 36.2 Å². The maximum absolute atomic E-state index is 14.5. The second-order valence-electron chi connectivity index (χ2n) is 9.42. The largest absolute Gasteiger partial charge is 0.417 e. The minimum Gasteiger partial charge on any atom is -0.302 e. The van der Waals surface area contributed by atoms with Gasteiger partial charge in [0, 0.05) is 23.8 Å². The standard InChI is InChI=1S/C29H21F8N2O2S2/c1-2-3-6-43(41)21-8-17(7-19(10-21)28(32,33)34)18-9-26(42-15-18)25-12-23(29(35,36)37)22(13-38)27(40)39(25)14-16-4-5-20(30)11-24(16)31/h4-5,7-12,15,41H,2-3,6,14H2,1H3/q+1. The molecule has 43 heavy (non-hydrogen) atoms. The number of halogens is 8. The van der Waals surface area contributed by atoms with Gasteiger partial charge < -0.3 is 4.57 Å². The van der Waals surface area contributed by atoms with Crippen LogP contribution in [0.3, 0.4) is 0 Å². The number of pyridine rings is 1. The van der Waals surface area contributed by atoms with Gasteiger partial charge in [0.1, 0.15) is 29.0 Å². The third-order valence-corrected chi connectivity index (χ3v) is 8.85. The minimum atomic E-state index is -5.12. The molecule has 2 aromatic carbocycles. The van der Waals surface area contributed by atoms with E-state index in [2.05, 4.69) is 0 Å². The summed E-state index contributed by atoms with van der Waals surface area (Å²) in [6, 6.07) is 8.53. The van der Waals surface area contributed by atoms with Crippen molar-refractivity contribution in [2.75, 3.05) is 5.75 Å². The van der Waals surface area contributed by atoms with E-state index < -0.39 is 64.0 Å². The zero-order valence-electron chi connectivity index (χ0n) is 22.1. The highest BCUT2D eigenvalue weighted by molar-refractivity contribution is 7.91. The highest BCUT2D eigenvalue weighted by Gasteiger charge is 2.37. The first kappa shape index (κ1) is 32.2. The van der Waals surface area contributed by atoms with Gasteiger partial charge in [-0.05, 0) is 47.2 Å². The van der Waals surface area contributed by atoms with Crippen LogP contribution in [0.15, 0.2) is 63.6 Å². The molecule has 0 fully saturated rings. The second kappa shape index (κ2) is 12.5. The number of nitrogens with zero attached hydrogens (tertiary/aromatic N) is 2. The Bertz CT molecular complexity index is 1750. The van der Waals surface area contributed by atoms with Gasteiger partial charge in [-0.25, -0.2) is 8.78 Å². The van der Waals surface area contributed by atoms with E-state index in [0.29, 0.717) is 25.0 Å². The first-order valence-corrected chi connectivity index (χ1v) is 14.8. The zero-order valence-corrected chi connectivity index (χ0v) is 23.7. The monoisotopic (exact) mass is 645 g/mol. The maximum Gasteiger partial charge on any atom is 0.417 e. The van der Waals surface area contributed by atoms with Gasteiger partial charge in [-0.15, -0.1) is 11.3 Å². The van der Waals surface area contributed by atoms with Crippen molar-refractivity contribution in [2.45, 2.75) is 43.6 Å². The van der Waals surface area contributed by atoms with Crippen LogP contribution in [0.5, 0.6) is 0 Å². The van der Waals surface area contributed by atoms with Crippen molar-refractivity contribution in [3.63, 3.8) is 0 Å². The van der Waals surface area contributed by atoms with Crippen LogP contribution in [-0.4, -0.2) is 14.9 Å². The average Bonchev–Trinajstić information content (AvgIpc) is 3.42. The highest BCUT2D eigenvalue weighted by Crippen LogP contribution is 2.40. The Morgan fingerprint density at radius 2 is 1.70 bits per heavy atom. The van der Waals surface area contributed by atoms with Crippen LogP contribution in [0.1, 0.15) is 42.0 Å². The minimum absolute atomic E-state index is 0.00227. The number of nitriles is 1. The van der Waals surface area contributed by atoms with E-state index in [0.717, 1.165) is 40.2 Å². The van der Waals surface area contributed by atoms with Crippen molar-refractivity contribution >= 4 is 22.5 Å². The Kier molecular flexibility index (Phi) is 9.39. The molecule has 1 atom stereocenters. The average molecular weight is 646 g/mol. The first-order valence-electron chi connectivity index (χ1n) is 12.5. The molecule has 0 bridgehead atoms. The van der Waals surface area contributed by atoms with E-state index in [-0.39, 0.29) is 37.9 Å². The molecule has 4 nitrogen and oxygen atoms in total. The van der Waals surface area contributed by atoms with Crippen molar-refractivity contribution < 1.29 is 39.7 Å². The van der Waals surface area contributed by atoms with Crippen LogP contribution < -0.4 is 5.56 Å². The summed E-state index contributed by atoms with van der Waals surface area (Å²) in [5, 5.41) is 10.7. The molecule has 4 rings (SSSR count). The number of alkyl halides is 6. The molecule has 1 N–H and O–H groups in total. The predicted molar refractivity (Wildman–Crippen MR) is 148 cm³/mol. The van der Waals surface area contributed by atoms with Crippen LogP contribution in [0.25, 0.3) is 21.7 Å². The summed E-state index contributed by atoms with van der Waals surface area (Å²) in [5.41, 5.74) is -5.64. The van der Waals surface area contributed by atoms with Crippen LogP contribution in [0, 0.1) is 23.0 Å². The molecular formula is C29H21F8N2O2S2+. The van der Waals surface area contributed by atoms with Crippen LogP contribution in [0.2, 0.25) is 0 Å². The zero-order chi connectivity index (χ0) is 31.7. The maximum atomic E-state index is 14.5. The van der Waals surface area contributed by atoms with E-state index in [1.165, 1.54) is 23.6 Å². The van der Waals surface area contributed by atoms with Crippen LogP contribution in [-0.2, 0) is 30.1 Å². The Balaban J connectivity index is 1.91. The lowest BCUT2D eigenvalue weighted by Crippen LogP contribution is -2.28. The lowest BCUT2D eigenvalue weighted by Gasteiger charge is -2.17. The number of benzene rings is 2. The van der Waals surface area contributed by atoms with E-state index in [4.69, 9.17) is 0 Å². The highest BCUT2D eigenvalue weighted by atomic mass is 32.2. The fraction of sp³-hybridized carbons (Fsp3) is 0.241. The smallest absolute Gasteiger partial charge is 0.302 e. The SMILES string of the molecule is CCCC[S+](O)c1cc(-c2csc(-c3cc(C(F)(F)F)c(C#N)c(=O)n3Cc3ccc(F)cc3F)c2)cc(C(F)(F)F)c1. The van der Waals surface area contributed by atoms with Crippen molar-refractivity contribution in [3.8, 4) is 27.8 Å². The number of hydrogen-bond acceptors (Lipinski definition) is 4. The number of aromatic nitrogens is 1. The molecular weight excluding hydrogens is 624 g/mol. The van der Waals surface area contributed by atoms with Crippen molar-refractivity contribution in [2.24, 2.45) is 0 Å². The molecule has 14 heteroatoms. The summed E-state index contributed by atoms with van der Waals surface area (Å²) in [5.74, 6) is -1.77. The Hall–Kier alpha value is -3.67. The Labute approximate surface area is 247 Å². The molecule has 0 aliphatic carbocycles. The van der Waals surface area contributed by atoms with Gasteiger partial charge in [-0.3, -0.25) is 4.79 Å². The molecule has 0 saturated carbocycles. The van der Waals surface area contributed by atoms with Crippen molar-refractivity contribution in [1.82, 2.24) is 4.57 Å². The molecule has 0 spiro atoms. The molecule has 2 aromatic heterocycles. The Morgan fingerprint density at radius 1 is 0.977 bits per heavy atom. The summed E-state index contributed by atoms with van der Waals surface area (Å²) in [7, 11) is 0. The molecule has 0 amide bonds. The first-order chi connectivity index (χ1) is 20.1. The summed E-state index contributed by atoms with van der Waals surface area (Å²) in [6.45, 7) is 1.19. The predicted octanol–water partition coefficient (Wildman–Crippen LogP) is 8.73. The van der Waals surface area contributed by atoms with Gasteiger partial charge in [-0.1, -0.05) is 19.4 Å². The summed E-state index contributed by atoms with van der Waals surface area (Å²) < 4.78 is 122. The fourth-order valence-electron chi connectivity index (χ4n) is 4.25. The molecule has 1 unspecified atom stereocenters. The number of hydrogen-bond donors (Lipinski definition) is 1. The molecule has 226 valence electrons. The Morgan fingerprint density at radius 3 is 2.30 bits per heavy atom. The third kappa shape index (κ3) is 7.11. The lowest BCUT2D eigenvalue weighted by molar-refractivity contribution is -0.138. The van der Waals surface area contributed by atoms with Crippen LogP contribution >= 0.6 is 11.3 Å². The summed E-state index contributed by atoms with van der Waals surface area (Å²) in [4.78, 5) is 13.2. The molecule has 2 heterocycles. The van der Waals surface area contributed by atoms with E-state index in [1.54, 1.807) is 0 Å². The molecule has 0 radical (unpaired) electrons. The molecule has 4 aromatic rings. The summed E-state index contributed by atoms with van der Waals surface area (Å²) in [6.07, 6.45) is -8.60. The second-order valence-corrected chi connectivity index (χ2v) is 11.9. The number of rotatable bonds is 8. The van der Waals surface area contributed by atoms with Gasteiger partial charge in [0.15, 0.2) is 16.1 Å². The van der Waals surface area contributed by atoms with E-state index >= 15 is 0 Å². The van der Waals surface area contributed by atoms with Gasteiger partial charge in [0.25, 0.3) is 5.56 Å². The topological polar surface area (TPSA) is 66.0 Å². The third-order valence-electron chi connectivity index (χ3n) is 6.44. The molecule has 0 saturated heterocycles.